The topological polar surface area (TPSA) is 17.8 Å². The third kappa shape index (κ3) is 1.29. The molecule has 0 bridgehead atoms. The van der Waals surface area contributed by atoms with E-state index in [1.165, 1.54) is 12.1 Å². The number of fused-ring (bicyclic) bond motifs is 1. The fourth-order valence-corrected chi connectivity index (χ4v) is 1.70. The molecule has 0 radical (unpaired) electrons. The Morgan fingerprint density at radius 1 is 1.36 bits per heavy atom. The van der Waals surface area contributed by atoms with Crippen molar-refractivity contribution in [3.8, 4) is 0 Å². The lowest BCUT2D eigenvalue weighted by Crippen LogP contribution is -2.04. The van der Waals surface area contributed by atoms with Gasteiger partial charge in [0, 0.05) is 17.1 Å². The SMILES string of the molecule is Cc1c2cc(F)ccc2nn1C(C)C. The van der Waals surface area contributed by atoms with Gasteiger partial charge in [-0.3, -0.25) is 4.68 Å². The molecule has 0 saturated carbocycles. The van der Waals surface area contributed by atoms with Crippen LogP contribution < -0.4 is 0 Å². The third-order valence-corrected chi connectivity index (χ3v) is 2.40. The largest absolute Gasteiger partial charge is 0.266 e. The molecular formula is C11H13FN2. The van der Waals surface area contributed by atoms with E-state index >= 15 is 0 Å². The average Bonchev–Trinajstić information content (AvgIpc) is 2.44. The number of halogens is 1. The first kappa shape index (κ1) is 9.19. The first-order valence-corrected chi connectivity index (χ1v) is 4.74. The van der Waals surface area contributed by atoms with E-state index in [2.05, 4.69) is 18.9 Å². The van der Waals surface area contributed by atoms with E-state index in [9.17, 15) is 4.39 Å². The molecule has 0 spiro atoms. The Kier molecular flexibility index (Phi) is 2.02. The first-order valence-electron chi connectivity index (χ1n) is 4.74. The predicted molar refractivity (Wildman–Crippen MR) is 54.8 cm³/mol. The minimum Gasteiger partial charge on any atom is -0.266 e. The lowest BCUT2D eigenvalue weighted by Gasteiger charge is -2.06. The minimum absolute atomic E-state index is 0.205. The van der Waals surface area contributed by atoms with E-state index in [4.69, 9.17) is 0 Å². The van der Waals surface area contributed by atoms with Crippen LogP contribution >= 0.6 is 0 Å². The molecule has 0 aliphatic heterocycles. The molecule has 0 N–H and O–H groups in total. The molecule has 2 nitrogen and oxygen atoms in total. The summed E-state index contributed by atoms with van der Waals surface area (Å²) in [6, 6.07) is 5.01. The van der Waals surface area contributed by atoms with Gasteiger partial charge in [-0.25, -0.2) is 4.39 Å². The van der Waals surface area contributed by atoms with Crippen molar-refractivity contribution in [3.63, 3.8) is 0 Å². The minimum atomic E-state index is -0.205. The molecule has 0 aliphatic rings. The summed E-state index contributed by atoms with van der Waals surface area (Å²) in [5.74, 6) is -0.205. The van der Waals surface area contributed by atoms with Gasteiger partial charge in [0.05, 0.1) is 5.52 Å². The molecule has 0 aliphatic carbocycles. The zero-order valence-corrected chi connectivity index (χ0v) is 8.58. The summed E-state index contributed by atoms with van der Waals surface area (Å²) in [6.45, 7) is 6.10. The summed E-state index contributed by atoms with van der Waals surface area (Å²) in [5, 5.41) is 5.30. The Hall–Kier alpha value is -1.38. The normalized spacial score (nSPS) is 11.5. The molecule has 1 aromatic heterocycles. The van der Waals surface area contributed by atoms with Crippen molar-refractivity contribution >= 4 is 10.9 Å². The van der Waals surface area contributed by atoms with Gasteiger partial charge < -0.3 is 0 Å². The van der Waals surface area contributed by atoms with Crippen LogP contribution in [0.4, 0.5) is 4.39 Å². The zero-order valence-electron chi connectivity index (χ0n) is 8.58. The van der Waals surface area contributed by atoms with Crippen molar-refractivity contribution in [1.82, 2.24) is 9.78 Å². The van der Waals surface area contributed by atoms with Gasteiger partial charge in [0.15, 0.2) is 0 Å². The number of nitrogens with zero attached hydrogens (tertiary/aromatic N) is 2. The van der Waals surface area contributed by atoms with Crippen molar-refractivity contribution in [1.29, 1.82) is 0 Å². The second-order valence-corrected chi connectivity index (χ2v) is 3.79. The van der Waals surface area contributed by atoms with Crippen LogP contribution in [-0.4, -0.2) is 9.78 Å². The highest BCUT2D eigenvalue weighted by atomic mass is 19.1. The maximum atomic E-state index is 13.0. The third-order valence-electron chi connectivity index (χ3n) is 2.40. The molecule has 14 heavy (non-hydrogen) atoms. The number of aryl methyl sites for hydroxylation is 1. The lowest BCUT2D eigenvalue weighted by atomic mass is 10.2. The van der Waals surface area contributed by atoms with E-state index in [-0.39, 0.29) is 5.82 Å². The lowest BCUT2D eigenvalue weighted by molar-refractivity contribution is 0.524. The van der Waals surface area contributed by atoms with E-state index < -0.39 is 0 Å². The van der Waals surface area contributed by atoms with Crippen molar-refractivity contribution < 1.29 is 4.39 Å². The Balaban J connectivity index is 2.74. The van der Waals surface area contributed by atoms with Gasteiger partial charge in [0.1, 0.15) is 5.82 Å². The summed E-state index contributed by atoms with van der Waals surface area (Å²) in [6.07, 6.45) is 0. The summed E-state index contributed by atoms with van der Waals surface area (Å²) >= 11 is 0. The van der Waals surface area contributed by atoms with Gasteiger partial charge >= 0.3 is 0 Å². The zero-order chi connectivity index (χ0) is 10.3. The van der Waals surface area contributed by atoms with Crippen molar-refractivity contribution in [2.45, 2.75) is 26.8 Å². The summed E-state index contributed by atoms with van der Waals surface area (Å²) in [5.41, 5.74) is 1.88. The van der Waals surface area contributed by atoms with Crippen molar-refractivity contribution in [2.75, 3.05) is 0 Å². The number of aromatic nitrogens is 2. The molecule has 0 saturated heterocycles. The van der Waals surface area contributed by atoms with E-state index in [1.54, 1.807) is 6.07 Å². The molecule has 1 aromatic carbocycles. The maximum Gasteiger partial charge on any atom is 0.124 e. The number of benzene rings is 1. The van der Waals surface area contributed by atoms with Crippen molar-refractivity contribution in [2.24, 2.45) is 0 Å². The molecule has 2 aromatic rings. The highest BCUT2D eigenvalue weighted by Crippen LogP contribution is 2.21. The van der Waals surface area contributed by atoms with Crippen LogP contribution in [0.1, 0.15) is 25.6 Å². The van der Waals surface area contributed by atoms with Crippen LogP contribution in [0.3, 0.4) is 0 Å². The molecule has 74 valence electrons. The highest BCUT2D eigenvalue weighted by Gasteiger charge is 2.09. The molecule has 0 atom stereocenters. The molecule has 3 heteroatoms. The monoisotopic (exact) mass is 192 g/mol. The first-order chi connectivity index (χ1) is 6.59. The maximum absolute atomic E-state index is 13.0. The second kappa shape index (κ2) is 3.08. The van der Waals surface area contributed by atoms with Gasteiger partial charge in [-0.1, -0.05) is 0 Å². The number of hydrogen-bond acceptors (Lipinski definition) is 1. The smallest absolute Gasteiger partial charge is 0.124 e. The molecular weight excluding hydrogens is 179 g/mol. The van der Waals surface area contributed by atoms with Crippen LogP contribution in [0.25, 0.3) is 10.9 Å². The van der Waals surface area contributed by atoms with E-state index in [0.29, 0.717) is 6.04 Å². The summed E-state index contributed by atoms with van der Waals surface area (Å²) in [7, 11) is 0. The predicted octanol–water partition coefficient (Wildman–Crippen LogP) is 3.06. The molecule has 0 unspecified atom stereocenters. The van der Waals surface area contributed by atoms with Crippen molar-refractivity contribution in [3.05, 3.63) is 29.7 Å². The Labute approximate surface area is 82.3 Å². The van der Waals surface area contributed by atoms with Crippen LogP contribution in [0.15, 0.2) is 18.2 Å². The second-order valence-electron chi connectivity index (χ2n) is 3.79. The summed E-state index contributed by atoms with van der Waals surface area (Å²) < 4.78 is 14.9. The van der Waals surface area contributed by atoms with Gasteiger partial charge in [-0.2, -0.15) is 5.10 Å². The standard InChI is InChI=1S/C11H13FN2/c1-7(2)14-8(3)10-6-9(12)4-5-11(10)13-14/h4-7H,1-3H3. The Morgan fingerprint density at radius 3 is 2.71 bits per heavy atom. The summed E-state index contributed by atoms with van der Waals surface area (Å²) in [4.78, 5) is 0. The average molecular weight is 192 g/mol. The number of hydrogen-bond donors (Lipinski definition) is 0. The van der Waals surface area contributed by atoms with Crippen LogP contribution in [0.5, 0.6) is 0 Å². The Morgan fingerprint density at radius 2 is 2.07 bits per heavy atom. The van der Waals surface area contributed by atoms with Gasteiger partial charge in [-0.15, -0.1) is 0 Å². The van der Waals surface area contributed by atoms with Gasteiger partial charge in [0.25, 0.3) is 0 Å². The fraction of sp³-hybridized carbons (Fsp3) is 0.364. The quantitative estimate of drug-likeness (QED) is 0.679. The van der Waals surface area contributed by atoms with Crippen LogP contribution in [-0.2, 0) is 0 Å². The highest BCUT2D eigenvalue weighted by molar-refractivity contribution is 5.81. The molecule has 0 amide bonds. The van der Waals surface area contributed by atoms with Crippen LogP contribution in [0.2, 0.25) is 0 Å². The molecule has 1 heterocycles. The Bertz CT molecular complexity index is 471. The van der Waals surface area contributed by atoms with Crippen LogP contribution in [0, 0.1) is 12.7 Å². The van der Waals surface area contributed by atoms with Gasteiger partial charge in [-0.05, 0) is 39.0 Å². The molecule has 0 fully saturated rings. The van der Waals surface area contributed by atoms with E-state index in [0.717, 1.165) is 16.6 Å². The number of rotatable bonds is 1. The van der Waals surface area contributed by atoms with E-state index in [1.807, 2.05) is 11.6 Å². The fourth-order valence-electron chi connectivity index (χ4n) is 1.70. The van der Waals surface area contributed by atoms with Gasteiger partial charge in [0.2, 0.25) is 0 Å². The molecule has 2 rings (SSSR count).